The van der Waals surface area contributed by atoms with E-state index < -0.39 is 10.0 Å². The number of ether oxygens (including phenoxy) is 1. The number of hydrogen-bond acceptors (Lipinski definition) is 5. The molecule has 2 aromatic rings. The second-order valence-corrected chi connectivity index (χ2v) is 9.58. The van der Waals surface area contributed by atoms with E-state index in [1.165, 1.54) is 5.69 Å². The first-order valence-corrected chi connectivity index (χ1v) is 12.3. The number of anilines is 1. The lowest BCUT2D eigenvalue weighted by Gasteiger charge is -2.36. The van der Waals surface area contributed by atoms with E-state index in [2.05, 4.69) is 26.7 Å². The van der Waals surface area contributed by atoms with Crippen molar-refractivity contribution in [3.63, 3.8) is 0 Å². The molecule has 0 bridgehead atoms. The van der Waals surface area contributed by atoms with Crippen LogP contribution in [0.2, 0.25) is 5.02 Å². The van der Waals surface area contributed by atoms with Crippen LogP contribution in [-0.4, -0.2) is 59.2 Å². The molecule has 0 unspecified atom stereocenters. The first-order valence-electron chi connectivity index (χ1n) is 10.4. The van der Waals surface area contributed by atoms with Crippen LogP contribution in [-0.2, 0) is 10.0 Å². The zero-order valence-corrected chi connectivity index (χ0v) is 19.0. The Kier molecular flexibility index (Phi) is 8.39. The van der Waals surface area contributed by atoms with Crippen LogP contribution in [0.3, 0.4) is 0 Å². The molecule has 0 aromatic heterocycles. The number of sulfonamides is 1. The number of piperazine rings is 1. The molecule has 0 spiro atoms. The van der Waals surface area contributed by atoms with Crippen molar-refractivity contribution in [1.82, 2.24) is 9.62 Å². The van der Waals surface area contributed by atoms with E-state index >= 15 is 0 Å². The average Bonchev–Trinajstić information content (AvgIpc) is 2.77. The molecule has 1 saturated heterocycles. The highest BCUT2D eigenvalue weighted by molar-refractivity contribution is 7.89. The van der Waals surface area contributed by atoms with Gasteiger partial charge in [-0.2, -0.15) is 0 Å². The Balaban J connectivity index is 1.38. The average molecular weight is 452 g/mol. The fourth-order valence-electron chi connectivity index (χ4n) is 3.41. The van der Waals surface area contributed by atoms with Crippen molar-refractivity contribution in [2.24, 2.45) is 0 Å². The van der Waals surface area contributed by atoms with Crippen molar-refractivity contribution in [2.75, 3.05) is 50.8 Å². The van der Waals surface area contributed by atoms with Gasteiger partial charge in [0.05, 0.1) is 11.5 Å². The molecule has 3 rings (SSSR count). The highest BCUT2D eigenvalue weighted by atomic mass is 35.5. The van der Waals surface area contributed by atoms with Gasteiger partial charge in [-0.05, 0) is 67.9 Å². The van der Waals surface area contributed by atoms with E-state index in [1.807, 2.05) is 19.1 Å². The van der Waals surface area contributed by atoms with Gasteiger partial charge in [0.2, 0.25) is 10.0 Å². The Morgan fingerprint density at radius 1 is 1.00 bits per heavy atom. The second kappa shape index (κ2) is 11.0. The van der Waals surface area contributed by atoms with Crippen molar-refractivity contribution in [1.29, 1.82) is 0 Å². The summed E-state index contributed by atoms with van der Waals surface area (Å²) < 4.78 is 33.1. The molecule has 1 heterocycles. The standard InChI is InChI=1S/C22H30ClN3O3S/c1-2-18-29-21-8-10-22(11-9-21)30(27,28)24-12-3-13-25-14-16-26(17-15-25)20-6-4-19(23)5-7-20/h4-11,24H,2-3,12-18H2,1H3. The van der Waals surface area contributed by atoms with Crippen molar-refractivity contribution in [3.8, 4) is 5.75 Å². The molecule has 0 aliphatic carbocycles. The van der Waals surface area contributed by atoms with Gasteiger partial charge in [-0.15, -0.1) is 0 Å². The third-order valence-electron chi connectivity index (χ3n) is 5.11. The van der Waals surface area contributed by atoms with Crippen LogP contribution >= 0.6 is 11.6 Å². The summed E-state index contributed by atoms with van der Waals surface area (Å²) in [7, 11) is -3.49. The highest BCUT2D eigenvalue weighted by Crippen LogP contribution is 2.19. The molecular weight excluding hydrogens is 422 g/mol. The lowest BCUT2D eigenvalue weighted by Crippen LogP contribution is -2.47. The van der Waals surface area contributed by atoms with Gasteiger partial charge in [-0.1, -0.05) is 18.5 Å². The van der Waals surface area contributed by atoms with E-state index in [9.17, 15) is 8.42 Å². The molecular formula is C22H30ClN3O3S. The summed E-state index contributed by atoms with van der Waals surface area (Å²) in [5, 5.41) is 0.751. The Bertz CT molecular complexity index is 881. The third-order valence-corrected chi connectivity index (χ3v) is 6.84. The van der Waals surface area contributed by atoms with Gasteiger partial charge < -0.3 is 9.64 Å². The zero-order valence-electron chi connectivity index (χ0n) is 17.4. The van der Waals surface area contributed by atoms with E-state index in [4.69, 9.17) is 16.3 Å². The Morgan fingerprint density at radius 3 is 2.30 bits per heavy atom. The zero-order chi connectivity index (χ0) is 21.4. The number of nitrogens with zero attached hydrogens (tertiary/aromatic N) is 2. The van der Waals surface area contributed by atoms with Crippen LogP contribution in [0.15, 0.2) is 53.4 Å². The molecule has 1 fully saturated rings. The van der Waals surface area contributed by atoms with Crippen molar-refractivity contribution in [3.05, 3.63) is 53.6 Å². The van der Waals surface area contributed by atoms with Gasteiger partial charge in [0, 0.05) is 43.4 Å². The number of halogens is 1. The third kappa shape index (κ3) is 6.60. The topological polar surface area (TPSA) is 61.9 Å². The monoisotopic (exact) mass is 451 g/mol. The number of rotatable bonds is 10. The molecule has 0 radical (unpaired) electrons. The van der Waals surface area contributed by atoms with Gasteiger partial charge in [0.25, 0.3) is 0 Å². The molecule has 0 atom stereocenters. The molecule has 1 aliphatic rings. The lowest BCUT2D eigenvalue weighted by molar-refractivity contribution is 0.255. The maximum atomic E-state index is 12.5. The molecule has 0 saturated carbocycles. The molecule has 30 heavy (non-hydrogen) atoms. The van der Waals surface area contributed by atoms with Gasteiger partial charge in [0.1, 0.15) is 5.75 Å². The molecule has 2 aromatic carbocycles. The normalized spacial score (nSPS) is 15.3. The maximum absolute atomic E-state index is 12.5. The van der Waals surface area contributed by atoms with Gasteiger partial charge in [-0.25, -0.2) is 13.1 Å². The molecule has 1 aliphatic heterocycles. The van der Waals surface area contributed by atoms with Crippen molar-refractivity contribution < 1.29 is 13.2 Å². The SMILES string of the molecule is CCCOc1ccc(S(=O)(=O)NCCCN2CCN(c3ccc(Cl)cc3)CC2)cc1. The lowest BCUT2D eigenvalue weighted by atomic mass is 10.2. The minimum absolute atomic E-state index is 0.267. The Hall–Kier alpha value is -1.80. The molecule has 6 nitrogen and oxygen atoms in total. The van der Waals surface area contributed by atoms with Crippen molar-refractivity contribution >= 4 is 27.3 Å². The molecule has 8 heteroatoms. The van der Waals surface area contributed by atoms with E-state index in [-0.39, 0.29) is 4.90 Å². The van der Waals surface area contributed by atoms with E-state index in [0.717, 1.165) is 50.6 Å². The van der Waals surface area contributed by atoms with Gasteiger partial charge in [0.15, 0.2) is 0 Å². The molecule has 0 amide bonds. The van der Waals surface area contributed by atoms with Crippen LogP contribution in [0, 0.1) is 0 Å². The van der Waals surface area contributed by atoms with Gasteiger partial charge in [-0.3, -0.25) is 4.90 Å². The number of benzene rings is 2. The first-order chi connectivity index (χ1) is 14.5. The maximum Gasteiger partial charge on any atom is 0.240 e. The van der Waals surface area contributed by atoms with Crippen LogP contribution in [0.4, 0.5) is 5.69 Å². The summed E-state index contributed by atoms with van der Waals surface area (Å²) >= 11 is 5.96. The van der Waals surface area contributed by atoms with Crippen LogP contribution in [0.25, 0.3) is 0 Å². The smallest absolute Gasteiger partial charge is 0.240 e. The summed E-state index contributed by atoms with van der Waals surface area (Å²) in [6.45, 7) is 7.80. The van der Waals surface area contributed by atoms with E-state index in [0.29, 0.717) is 18.9 Å². The number of hydrogen-bond donors (Lipinski definition) is 1. The summed E-state index contributed by atoms with van der Waals surface area (Å²) in [5.74, 6) is 0.688. The van der Waals surface area contributed by atoms with Crippen LogP contribution in [0.1, 0.15) is 19.8 Å². The summed E-state index contributed by atoms with van der Waals surface area (Å²) in [4.78, 5) is 4.99. The fourth-order valence-corrected chi connectivity index (χ4v) is 4.61. The summed E-state index contributed by atoms with van der Waals surface area (Å²) in [6.07, 6.45) is 1.69. The fraction of sp³-hybridized carbons (Fsp3) is 0.455. The molecule has 164 valence electrons. The minimum atomic E-state index is -3.49. The Morgan fingerprint density at radius 2 is 1.67 bits per heavy atom. The Labute approximate surface area is 184 Å². The first kappa shape index (κ1) is 22.9. The van der Waals surface area contributed by atoms with Crippen molar-refractivity contribution in [2.45, 2.75) is 24.7 Å². The minimum Gasteiger partial charge on any atom is -0.494 e. The van der Waals surface area contributed by atoms with Crippen LogP contribution in [0.5, 0.6) is 5.75 Å². The summed E-state index contributed by atoms with van der Waals surface area (Å²) in [5.41, 5.74) is 1.19. The predicted octanol–water partition coefficient (Wildman–Crippen LogP) is 3.62. The second-order valence-electron chi connectivity index (χ2n) is 7.38. The molecule has 1 N–H and O–H groups in total. The highest BCUT2D eigenvalue weighted by Gasteiger charge is 2.18. The largest absolute Gasteiger partial charge is 0.494 e. The van der Waals surface area contributed by atoms with Crippen LogP contribution < -0.4 is 14.4 Å². The van der Waals surface area contributed by atoms with Gasteiger partial charge >= 0.3 is 0 Å². The number of nitrogens with one attached hydrogen (secondary N) is 1. The predicted molar refractivity (Wildman–Crippen MR) is 122 cm³/mol. The summed E-state index contributed by atoms with van der Waals surface area (Å²) in [6, 6.07) is 14.5. The quantitative estimate of drug-likeness (QED) is 0.559. The van der Waals surface area contributed by atoms with E-state index in [1.54, 1.807) is 24.3 Å².